The van der Waals surface area contributed by atoms with Crippen LogP contribution in [0.2, 0.25) is 5.02 Å². The minimum Gasteiger partial charge on any atom is -0.486 e. The van der Waals surface area contributed by atoms with E-state index in [1.807, 2.05) is 0 Å². The molecule has 1 aromatic rings. The van der Waals surface area contributed by atoms with E-state index in [9.17, 15) is 9.59 Å². The maximum atomic E-state index is 12.0. The van der Waals surface area contributed by atoms with Gasteiger partial charge in [0, 0.05) is 0 Å². The van der Waals surface area contributed by atoms with Crippen molar-refractivity contribution in [3.05, 3.63) is 22.2 Å². The number of aryl methyl sites for hydroxylation is 1. The Morgan fingerprint density at radius 2 is 2.05 bits per heavy atom. The fourth-order valence-electron chi connectivity index (χ4n) is 1.84. The first-order valence-corrected chi connectivity index (χ1v) is 6.24. The number of ether oxygens (including phenoxy) is 3. The first kappa shape index (κ1) is 13.7. The molecule has 0 N–H and O–H groups in total. The smallest absolute Gasteiger partial charge is 0.379 e. The van der Waals surface area contributed by atoms with Crippen LogP contribution < -0.4 is 9.47 Å². The molecule has 19 heavy (non-hydrogen) atoms. The van der Waals surface area contributed by atoms with Crippen molar-refractivity contribution in [2.24, 2.45) is 0 Å². The molecule has 0 unspecified atom stereocenters. The highest BCUT2D eigenvalue weighted by Gasteiger charge is 2.28. The average molecular weight is 285 g/mol. The van der Waals surface area contributed by atoms with Crippen molar-refractivity contribution in [2.45, 2.75) is 13.8 Å². The SMILES string of the molecule is CCOC(=O)C(=O)c1c(C)cc2c(c1Cl)OCCO2. The second kappa shape index (κ2) is 5.48. The summed E-state index contributed by atoms with van der Waals surface area (Å²) in [4.78, 5) is 23.5. The van der Waals surface area contributed by atoms with Gasteiger partial charge in [-0.05, 0) is 25.5 Å². The summed E-state index contributed by atoms with van der Waals surface area (Å²) >= 11 is 6.14. The first-order valence-electron chi connectivity index (χ1n) is 5.86. The van der Waals surface area contributed by atoms with Gasteiger partial charge in [0.15, 0.2) is 11.5 Å². The normalized spacial score (nSPS) is 13.0. The number of carbonyl (C=O) groups is 2. The molecule has 2 rings (SSSR count). The van der Waals surface area contributed by atoms with Crippen molar-refractivity contribution in [3.63, 3.8) is 0 Å². The van der Waals surface area contributed by atoms with Crippen molar-refractivity contribution in [2.75, 3.05) is 19.8 Å². The maximum Gasteiger partial charge on any atom is 0.379 e. The van der Waals surface area contributed by atoms with E-state index >= 15 is 0 Å². The van der Waals surface area contributed by atoms with Crippen LogP contribution in [0.4, 0.5) is 0 Å². The Bertz CT molecular complexity index is 538. The molecule has 1 heterocycles. The molecule has 0 aliphatic carbocycles. The van der Waals surface area contributed by atoms with Gasteiger partial charge in [-0.1, -0.05) is 11.6 Å². The fourth-order valence-corrected chi connectivity index (χ4v) is 2.23. The Balaban J connectivity index is 2.46. The van der Waals surface area contributed by atoms with E-state index in [1.54, 1.807) is 19.9 Å². The third-order valence-electron chi connectivity index (χ3n) is 2.66. The molecular weight excluding hydrogens is 272 g/mol. The summed E-state index contributed by atoms with van der Waals surface area (Å²) in [6.45, 7) is 4.21. The number of rotatable bonds is 3. The van der Waals surface area contributed by atoms with E-state index < -0.39 is 11.8 Å². The lowest BCUT2D eigenvalue weighted by Gasteiger charge is -2.21. The van der Waals surface area contributed by atoms with E-state index in [0.717, 1.165) is 0 Å². The standard InChI is InChI=1S/C13H13ClO5/c1-3-17-13(16)11(15)9-7(2)6-8-12(10(9)14)19-5-4-18-8/h6H,3-5H2,1-2H3. The Morgan fingerprint density at radius 3 is 2.74 bits per heavy atom. The number of Topliss-reactive ketones (excluding diaryl/α,β-unsaturated/α-hetero) is 1. The number of ketones is 1. The highest BCUT2D eigenvalue weighted by molar-refractivity contribution is 6.46. The molecular formula is C13H13ClO5. The molecule has 102 valence electrons. The predicted octanol–water partition coefficient (Wildman–Crippen LogP) is 2.17. The Hall–Kier alpha value is -1.75. The monoisotopic (exact) mass is 284 g/mol. The van der Waals surface area contributed by atoms with Gasteiger partial charge >= 0.3 is 5.97 Å². The van der Waals surface area contributed by atoms with Gasteiger partial charge in [-0.15, -0.1) is 0 Å². The van der Waals surface area contributed by atoms with Gasteiger partial charge in [0.1, 0.15) is 13.2 Å². The number of carbonyl (C=O) groups excluding carboxylic acids is 2. The summed E-state index contributed by atoms with van der Waals surface area (Å²) in [5.74, 6) is -0.925. The molecule has 0 aromatic heterocycles. The van der Waals surface area contributed by atoms with Crippen LogP contribution in [0.1, 0.15) is 22.8 Å². The van der Waals surface area contributed by atoms with E-state index in [2.05, 4.69) is 0 Å². The van der Waals surface area contributed by atoms with Gasteiger partial charge in [0.25, 0.3) is 5.78 Å². The van der Waals surface area contributed by atoms with Gasteiger partial charge < -0.3 is 14.2 Å². The average Bonchev–Trinajstić information content (AvgIpc) is 2.38. The van der Waals surface area contributed by atoms with Crippen LogP contribution in [0.25, 0.3) is 0 Å². The number of fused-ring (bicyclic) bond motifs is 1. The maximum absolute atomic E-state index is 12.0. The van der Waals surface area contributed by atoms with Crippen LogP contribution in [-0.2, 0) is 9.53 Å². The van der Waals surface area contributed by atoms with Crippen LogP contribution in [0.15, 0.2) is 6.07 Å². The summed E-state index contributed by atoms with van der Waals surface area (Å²) in [5.41, 5.74) is 0.650. The highest BCUT2D eigenvalue weighted by atomic mass is 35.5. The molecule has 5 nitrogen and oxygen atoms in total. The van der Waals surface area contributed by atoms with Crippen molar-refractivity contribution < 1.29 is 23.8 Å². The molecule has 1 aromatic carbocycles. The minimum absolute atomic E-state index is 0.0905. The highest BCUT2D eigenvalue weighted by Crippen LogP contribution is 2.41. The zero-order valence-electron chi connectivity index (χ0n) is 10.6. The van der Waals surface area contributed by atoms with Crippen molar-refractivity contribution in [3.8, 4) is 11.5 Å². The quantitative estimate of drug-likeness (QED) is 0.483. The topological polar surface area (TPSA) is 61.8 Å². The summed E-state index contributed by atoms with van der Waals surface area (Å²) in [5, 5.41) is 0.0905. The van der Waals surface area contributed by atoms with E-state index in [4.69, 9.17) is 25.8 Å². The molecule has 0 saturated carbocycles. The molecule has 0 radical (unpaired) electrons. The summed E-state index contributed by atoms with van der Waals surface area (Å²) in [7, 11) is 0. The molecule has 0 amide bonds. The molecule has 0 atom stereocenters. The van der Waals surface area contributed by atoms with Gasteiger partial charge in [0.05, 0.1) is 17.2 Å². The number of hydrogen-bond acceptors (Lipinski definition) is 5. The molecule has 6 heteroatoms. The van der Waals surface area contributed by atoms with E-state index in [0.29, 0.717) is 30.3 Å². The summed E-state index contributed by atoms with van der Waals surface area (Å²) in [6, 6.07) is 1.63. The molecule has 0 spiro atoms. The molecule has 0 saturated heterocycles. The van der Waals surface area contributed by atoms with E-state index in [1.165, 1.54) is 0 Å². The number of benzene rings is 1. The lowest BCUT2D eigenvalue weighted by molar-refractivity contribution is -0.137. The predicted molar refractivity (Wildman–Crippen MR) is 68.1 cm³/mol. The molecule has 1 aliphatic rings. The zero-order chi connectivity index (χ0) is 14.0. The fraction of sp³-hybridized carbons (Fsp3) is 0.385. The van der Waals surface area contributed by atoms with Crippen LogP contribution in [0.5, 0.6) is 11.5 Å². The number of esters is 1. The Labute approximate surface area is 115 Å². The third kappa shape index (κ3) is 2.51. The molecule has 0 bridgehead atoms. The van der Waals surface area contributed by atoms with Crippen LogP contribution in [-0.4, -0.2) is 31.6 Å². The molecule has 1 aliphatic heterocycles. The summed E-state index contributed by atoms with van der Waals surface area (Å²) in [6.07, 6.45) is 0. The molecule has 0 fully saturated rings. The van der Waals surface area contributed by atoms with Crippen LogP contribution >= 0.6 is 11.6 Å². The lowest BCUT2D eigenvalue weighted by Crippen LogP contribution is -2.21. The van der Waals surface area contributed by atoms with Crippen molar-refractivity contribution in [1.29, 1.82) is 0 Å². The van der Waals surface area contributed by atoms with Crippen molar-refractivity contribution >= 4 is 23.4 Å². The number of halogens is 1. The van der Waals surface area contributed by atoms with Crippen LogP contribution in [0, 0.1) is 6.92 Å². The second-order valence-electron chi connectivity index (χ2n) is 3.96. The first-order chi connectivity index (χ1) is 9.06. The Morgan fingerprint density at radius 1 is 1.37 bits per heavy atom. The Kier molecular flexibility index (Phi) is 3.95. The van der Waals surface area contributed by atoms with Gasteiger partial charge in [-0.3, -0.25) is 4.79 Å². The van der Waals surface area contributed by atoms with Crippen molar-refractivity contribution in [1.82, 2.24) is 0 Å². The zero-order valence-corrected chi connectivity index (χ0v) is 11.4. The number of hydrogen-bond donors (Lipinski definition) is 0. The lowest BCUT2D eigenvalue weighted by atomic mass is 10.0. The largest absolute Gasteiger partial charge is 0.486 e. The van der Waals surface area contributed by atoms with Gasteiger partial charge in [-0.2, -0.15) is 0 Å². The van der Waals surface area contributed by atoms with E-state index in [-0.39, 0.29) is 17.2 Å². The van der Waals surface area contributed by atoms with Gasteiger partial charge in [-0.25, -0.2) is 4.79 Å². The van der Waals surface area contributed by atoms with Crippen LogP contribution in [0.3, 0.4) is 0 Å². The summed E-state index contributed by atoms with van der Waals surface area (Å²) < 4.78 is 15.5. The third-order valence-corrected chi connectivity index (χ3v) is 3.02. The minimum atomic E-state index is -0.927. The second-order valence-corrected chi connectivity index (χ2v) is 4.33. The van der Waals surface area contributed by atoms with Gasteiger partial charge in [0.2, 0.25) is 0 Å².